The summed E-state index contributed by atoms with van der Waals surface area (Å²) in [7, 11) is 1.53. The van der Waals surface area contributed by atoms with Gasteiger partial charge in [0.05, 0.1) is 20.3 Å². The first-order valence-electron chi connectivity index (χ1n) is 11.1. The zero-order valence-electron chi connectivity index (χ0n) is 20.4. The first-order valence-corrected chi connectivity index (χ1v) is 11.1. The molecular formula is C25H33N3O7. The Balaban J connectivity index is 2.36. The number of ether oxygens (including phenoxy) is 2. The fourth-order valence-electron chi connectivity index (χ4n) is 3.30. The molecule has 0 saturated heterocycles. The van der Waals surface area contributed by atoms with Crippen LogP contribution in [0.3, 0.4) is 0 Å². The fraction of sp³-hybridized carbons (Fsp3) is 0.400. The van der Waals surface area contributed by atoms with E-state index < -0.39 is 48.8 Å². The summed E-state index contributed by atoms with van der Waals surface area (Å²) < 4.78 is 10.3. The predicted octanol–water partition coefficient (Wildman–Crippen LogP) is 2.08. The van der Waals surface area contributed by atoms with E-state index in [9.17, 15) is 24.6 Å². The van der Waals surface area contributed by atoms with Crippen LogP contribution in [-0.4, -0.2) is 71.5 Å². The average Bonchev–Trinajstić information content (AvgIpc) is 2.82. The molecule has 2 atom stereocenters. The lowest BCUT2D eigenvalue weighted by atomic mass is 10.0. The molecule has 35 heavy (non-hydrogen) atoms. The van der Waals surface area contributed by atoms with Crippen LogP contribution >= 0.6 is 0 Å². The quantitative estimate of drug-likeness (QED) is 0.403. The van der Waals surface area contributed by atoms with E-state index in [1.807, 2.05) is 0 Å². The maximum atomic E-state index is 13.4. The molecule has 0 aliphatic carbocycles. The minimum Gasteiger partial charge on any atom is -0.497 e. The Kier molecular flexibility index (Phi) is 10.0. The minimum atomic E-state index is -1.39. The van der Waals surface area contributed by atoms with Crippen LogP contribution in [0, 0.1) is 0 Å². The average molecular weight is 488 g/mol. The van der Waals surface area contributed by atoms with E-state index in [2.05, 4.69) is 10.6 Å². The number of anilines is 1. The van der Waals surface area contributed by atoms with E-state index in [0.29, 0.717) is 17.0 Å². The zero-order chi connectivity index (χ0) is 26.0. The van der Waals surface area contributed by atoms with Gasteiger partial charge in [-0.3, -0.25) is 9.59 Å². The Morgan fingerprint density at radius 2 is 1.63 bits per heavy atom. The van der Waals surface area contributed by atoms with Gasteiger partial charge in [-0.1, -0.05) is 30.3 Å². The molecule has 0 aliphatic heterocycles. The van der Waals surface area contributed by atoms with Crippen LogP contribution in [0.5, 0.6) is 5.75 Å². The number of aliphatic hydroxyl groups is 2. The summed E-state index contributed by atoms with van der Waals surface area (Å²) in [5.41, 5.74) is 0.135. The van der Waals surface area contributed by atoms with Gasteiger partial charge in [-0.2, -0.15) is 0 Å². The van der Waals surface area contributed by atoms with Crippen molar-refractivity contribution in [2.45, 2.75) is 38.5 Å². The molecular weight excluding hydrogens is 454 g/mol. The summed E-state index contributed by atoms with van der Waals surface area (Å²) in [6, 6.07) is 12.6. The van der Waals surface area contributed by atoms with Crippen LogP contribution in [-0.2, 0) is 14.3 Å². The van der Waals surface area contributed by atoms with Crippen LogP contribution in [0.4, 0.5) is 10.5 Å². The third kappa shape index (κ3) is 8.27. The van der Waals surface area contributed by atoms with Crippen LogP contribution in [0.1, 0.15) is 32.4 Å². The summed E-state index contributed by atoms with van der Waals surface area (Å²) in [4.78, 5) is 40.2. The van der Waals surface area contributed by atoms with Crippen molar-refractivity contribution in [3.8, 4) is 5.75 Å². The fourth-order valence-corrected chi connectivity index (χ4v) is 3.30. The van der Waals surface area contributed by atoms with Gasteiger partial charge in [0.2, 0.25) is 5.91 Å². The van der Waals surface area contributed by atoms with Crippen molar-refractivity contribution >= 4 is 23.6 Å². The van der Waals surface area contributed by atoms with E-state index in [1.165, 1.54) is 7.11 Å². The third-order valence-corrected chi connectivity index (χ3v) is 4.83. The summed E-state index contributed by atoms with van der Waals surface area (Å²) in [5.74, 6) is -0.693. The Labute approximate surface area is 204 Å². The van der Waals surface area contributed by atoms with E-state index in [4.69, 9.17) is 9.47 Å². The molecule has 0 spiro atoms. The normalized spacial score (nSPS) is 12.7. The Hall–Kier alpha value is -3.63. The number of carbonyl (C=O) groups excluding carboxylic acids is 3. The lowest BCUT2D eigenvalue weighted by molar-refractivity contribution is -0.142. The number of methoxy groups -OCH3 is 1. The van der Waals surface area contributed by atoms with Crippen molar-refractivity contribution in [2.24, 2.45) is 0 Å². The monoisotopic (exact) mass is 487 g/mol. The smallest absolute Gasteiger partial charge is 0.408 e. The van der Waals surface area contributed by atoms with Gasteiger partial charge in [0.15, 0.2) is 0 Å². The third-order valence-electron chi connectivity index (χ3n) is 4.83. The molecule has 2 aromatic carbocycles. The van der Waals surface area contributed by atoms with Crippen molar-refractivity contribution in [3.63, 3.8) is 0 Å². The molecule has 0 saturated carbocycles. The summed E-state index contributed by atoms with van der Waals surface area (Å²) in [5, 5.41) is 24.6. The molecule has 0 aliphatic rings. The first-order chi connectivity index (χ1) is 16.6. The highest BCUT2D eigenvalue weighted by molar-refractivity contribution is 5.99. The number of hydrogen-bond acceptors (Lipinski definition) is 7. The Bertz CT molecular complexity index is 975. The number of nitrogens with one attached hydrogen (secondary N) is 2. The van der Waals surface area contributed by atoms with Gasteiger partial charge >= 0.3 is 6.09 Å². The van der Waals surface area contributed by atoms with E-state index in [-0.39, 0.29) is 6.54 Å². The maximum absolute atomic E-state index is 13.4. The van der Waals surface area contributed by atoms with Gasteiger partial charge in [-0.05, 0) is 50.6 Å². The van der Waals surface area contributed by atoms with Crippen LogP contribution in [0.15, 0.2) is 54.6 Å². The summed E-state index contributed by atoms with van der Waals surface area (Å²) in [6.07, 6.45) is -0.896. The molecule has 190 valence electrons. The topological polar surface area (TPSA) is 137 Å². The molecule has 4 N–H and O–H groups in total. The second kappa shape index (κ2) is 12.7. The molecule has 0 radical (unpaired) electrons. The molecule has 2 unspecified atom stereocenters. The lowest BCUT2D eigenvalue weighted by Gasteiger charge is -2.33. The standard InChI is InChI=1S/C25H33N3O7/c1-25(2,3)35-24(33)27-20(16-30)23(32)28(14-15-29)21(17-8-6-5-7-9-17)22(31)26-18-10-12-19(34-4)13-11-18/h5-13,20-21,29-30H,14-16H2,1-4H3,(H,26,31)(H,27,33). The highest BCUT2D eigenvalue weighted by Crippen LogP contribution is 2.25. The second-order valence-electron chi connectivity index (χ2n) is 8.67. The number of hydrogen-bond donors (Lipinski definition) is 4. The van der Waals surface area contributed by atoms with E-state index >= 15 is 0 Å². The number of benzene rings is 2. The van der Waals surface area contributed by atoms with Gasteiger partial charge in [0.1, 0.15) is 23.4 Å². The van der Waals surface area contributed by atoms with Crippen molar-refractivity contribution < 1.29 is 34.1 Å². The largest absolute Gasteiger partial charge is 0.497 e. The Morgan fingerprint density at radius 1 is 1.00 bits per heavy atom. The highest BCUT2D eigenvalue weighted by Gasteiger charge is 2.36. The minimum absolute atomic E-state index is 0.221. The van der Waals surface area contributed by atoms with Crippen LogP contribution < -0.4 is 15.4 Å². The number of alkyl carbamates (subject to hydrolysis) is 1. The SMILES string of the molecule is COc1ccc(NC(=O)C(c2ccccc2)N(CCO)C(=O)C(CO)NC(=O)OC(C)(C)C)cc1. The van der Waals surface area contributed by atoms with Crippen LogP contribution in [0.25, 0.3) is 0 Å². The van der Waals surface area contributed by atoms with Gasteiger partial charge in [0, 0.05) is 12.2 Å². The van der Waals surface area contributed by atoms with Crippen molar-refractivity contribution in [2.75, 3.05) is 32.2 Å². The number of nitrogens with zero attached hydrogens (tertiary/aromatic N) is 1. The molecule has 2 aromatic rings. The van der Waals surface area contributed by atoms with Crippen molar-refractivity contribution in [1.29, 1.82) is 0 Å². The number of carbonyl (C=O) groups is 3. The van der Waals surface area contributed by atoms with Crippen molar-refractivity contribution in [1.82, 2.24) is 10.2 Å². The zero-order valence-corrected chi connectivity index (χ0v) is 20.4. The number of rotatable bonds is 10. The van der Waals surface area contributed by atoms with Crippen molar-refractivity contribution in [3.05, 3.63) is 60.2 Å². The van der Waals surface area contributed by atoms with Crippen LogP contribution in [0.2, 0.25) is 0 Å². The number of aliphatic hydroxyl groups excluding tert-OH is 2. The number of amides is 3. The lowest BCUT2D eigenvalue weighted by Crippen LogP contribution is -2.54. The molecule has 0 aromatic heterocycles. The molecule has 10 nitrogen and oxygen atoms in total. The van der Waals surface area contributed by atoms with E-state index in [1.54, 1.807) is 75.4 Å². The van der Waals surface area contributed by atoms with Gasteiger partial charge < -0.3 is 35.2 Å². The highest BCUT2D eigenvalue weighted by atomic mass is 16.6. The predicted molar refractivity (Wildman–Crippen MR) is 130 cm³/mol. The van der Waals surface area contributed by atoms with Gasteiger partial charge in [0.25, 0.3) is 5.91 Å². The summed E-state index contributed by atoms with van der Waals surface area (Å²) >= 11 is 0. The van der Waals surface area contributed by atoms with Gasteiger partial charge in [-0.15, -0.1) is 0 Å². The van der Waals surface area contributed by atoms with E-state index in [0.717, 1.165) is 4.90 Å². The molecule has 0 bridgehead atoms. The molecule has 3 amide bonds. The van der Waals surface area contributed by atoms with Gasteiger partial charge in [-0.25, -0.2) is 4.79 Å². The Morgan fingerprint density at radius 3 is 2.14 bits per heavy atom. The first kappa shape index (κ1) is 27.6. The molecule has 2 rings (SSSR count). The maximum Gasteiger partial charge on any atom is 0.408 e. The molecule has 10 heteroatoms. The molecule has 0 fully saturated rings. The second-order valence-corrected chi connectivity index (χ2v) is 8.67. The summed E-state index contributed by atoms with van der Waals surface area (Å²) in [6.45, 7) is 3.58. The molecule has 0 heterocycles.